The van der Waals surface area contributed by atoms with Crippen LogP contribution in [0.4, 0.5) is 5.69 Å². The highest BCUT2D eigenvalue weighted by molar-refractivity contribution is 6.33. The van der Waals surface area contributed by atoms with Crippen LogP contribution >= 0.6 is 11.6 Å². The van der Waals surface area contributed by atoms with Gasteiger partial charge >= 0.3 is 0 Å². The number of aldehydes is 1. The summed E-state index contributed by atoms with van der Waals surface area (Å²) < 4.78 is 0. The average Bonchev–Trinajstić information content (AvgIpc) is 2.57. The maximum Gasteiger partial charge on any atom is 0.153 e. The van der Waals surface area contributed by atoms with Crippen LogP contribution in [0.1, 0.15) is 36.0 Å². The smallest absolute Gasteiger partial charge is 0.153 e. The lowest BCUT2D eigenvalue weighted by molar-refractivity contribution is 0.112. The molecule has 1 aromatic carbocycles. The number of benzene rings is 1. The molecule has 0 aliphatic carbocycles. The molecule has 0 unspecified atom stereocenters. The molecule has 0 atom stereocenters. The Morgan fingerprint density at radius 1 is 1.12 bits per heavy atom. The molecule has 16 heavy (non-hydrogen) atoms. The second kappa shape index (κ2) is 5.35. The van der Waals surface area contributed by atoms with Gasteiger partial charge in [-0.15, -0.1) is 0 Å². The first kappa shape index (κ1) is 11.5. The Morgan fingerprint density at radius 3 is 2.44 bits per heavy atom. The maximum atomic E-state index is 11.1. The molecular formula is C13H16ClNO. The fourth-order valence-corrected chi connectivity index (χ4v) is 2.44. The van der Waals surface area contributed by atoms with Crippen molar-refractivity contribution in [2.45, 2.75) is 25.7 Å². The molecule has 1 aromatic rings. The highest BCUT2D eigenvalue weighted by atomic mass is 35.5. The van der Waals surface area contributed by atoms with E-state index in [4.69, 9.17) is 11.6 Å². The van der Waals surface area contributed by atoms with Gasteiger partial charge in [-0.3, -0.25) is 4.79 Å². The third kappa shape index (κ3) is 2.38. The van der Waals surface area contributed by atoms with Crippen LogP contribution in [0.3, 0.4) is 0 Å². The lowest BCUT2D eigenvalue weighted by Gasteiger charge is -2.24. The second-order valence-electron chi connectivity index (χ2n) is 4.19. The average molecular weight is 238 g/mol. The molecule has 0 radical (unpaired) electrons. The first-order valence-electron chi connectivity index (χ1n) is 5.81. The van der Waals surface area contributed by atoms with E-state index in [0.29, 0.717) is 10.6 Å². The SMILES string of the molecule is O=Cc1c(Cl)cccc1N1CCCCCC1. The summed E-state index contributed by atoms with van der Waals surface area (Å²) in [6.07, 6.45) is 5.83. The van der Waals surface area contributed by atoms with E-state index in [1.807, 2.05) is 12.1 Å². The summed E-state index contributed by atoms with van der Waals surface area (Å²) in [5.41, 5.74) is 1.62. The summed E-state index contributed by atoms with van der Waals surface area (Å²) in [7, 11) is 0. The third-order valence-corrected chi connectivity index (χ3v) is 3.42. The summed E-state index contributed by atoms with van der Waals surface area (Å²) in [5, 5.41) is 0.553. The van der Waals surface area contributed by atoms with Gasteiger partial charge in [0.2, 0.25) is 0 Å². The third-order valence-electron chi connectivity index (χ3n) is 3.09. The van der Waals surface area contributed by atoms with Crippen molar-refractivity contribution in [3.63, 3.8) is 0 Å². The van der Waals surface area contributed by atoms with Gasteiger partial charge in [0.1, 0.15) is 0 Å². The molecule has 1 heterocycles. The van der Waals surface area contributed by atoms with Gasteiger partial charge in [-0.05, 0) is 25.0 Å². The second-order valence-corrected chi connectivity index (χ2v) is 4.60. The van der Waals surface area contributed by atoms with E-state index >= 15 is 0 Å². The van der Waals surface area contributed by atoms with Crippen LogP contribution in [0.5, 0.6) is 0 Å². The lowest BCUT2D eigenvalue weighted by atomic mass is 10.1. The van der Waals surface area contributed by atoms with E-state index in [-0.39, 0.29) is 0 Å². The molecule has 1 fully saturated rings. The van der Waals surface area contributed by atoms with Crippen molar-refractivity contribution in [1.82, 2.24) is 0 Å². The molecule has 2 rings (SSSR count). The fourth-order valence-electron chi connectivity index (χ4n) is 2.23. The molecule has 0 amide bonds. The minimum Gasteiger partial charge on any atom is -0.371 e. The van der Waals surface area contributed by atoms with Gasteiger partial charge in [0.05, 0.1) is 10.6 Å². The summed E-state index contributed by atoms with van der Waals surface area (Å²) in [6.45, 7) is 2.06. The van der Waals surface area contributed by atoms with E-state index in [9.17, 15) is 4.79 Å². The standard InChI is InChI=1S/C13H16ClNO/c14-12-6-5-7-13(11(12)10-16)15-8-3-1-2-4-9-15/h5-7,10H,1-4,8-9H2. The van der Waals surface area contributed by atoms with Crippen LogP contribution in [0.2, 0.25) is 5.02 Å². The number of carbonyl (C=O) groups excluding carboxylic acids is 1. The van der Waals surface area contributed by atoms with Crippen molar-refractivity contribution >= 4 is 23.6 Å². The molecule has 2 nitrogen and oxygen atoms in total. The fraction of sp³-hybridized carbons (Fsp3) is 0.462. The molecule has 3 heteroatoms. The molecule has 0 aromatic heterocycles. The lowest BCUT2D eigenvalue weighted by Crippen LogP contribution is -2.25. The van der Waals surface area contributed by atoms with E-state index in [1.165, 1.54) is 25.7 Å². The van der Waals surface area contributed by atoms with E-state index in [0.717, 1.165) is 25.1 Å². The van der Waals surface area contributed by atoms with Crippen molar-refractivity contribution in [3.8, 4) is 0 Å². The monoisotopic (exact) mass is 237 g/mol. The summed E-state index contributed by atoms with van der Waals surface area (Å²) in [6, 6.07) is 5.67. The molecule has 0 bridgehead atoms. The van der Waals surface area contributed by atoms with Gasteiger partial charge in [0, 0.05) is 18.8 Å². The first-order valence-corrected chi connectivity index (χ1v) is 6.19. The highest BCUT2D eigenvalue weighted by Crippen LogP contribution is 2.27. The molecule has 0 spiro atoms. The zero-order valence-electron chi connectivity index (χ0n) is 9.29. The quantitative estimate of drug-likeness (QED) is 0.734. The predicted octanol–water partition coefficient (Wildman–Crippen LogP) is 3.53. The van der Waals surface area contributed by atoms with Crippen molar-refractivity contribution < 1.29 is 4.79 Å². The Labute approximate surface area is 101 Å². The topological polar surface area (TPSA) is 20.3 Å². The Bertz CT molecular complexity index is 370. The maximum absolute atomic E-state index is 11.1. The van der Waals surface area contributed by atoms with Gasteiger partial charge in [-0.1, -0.05) is 30.5 Å². The molecule has 86 valence electrons. The Hall–Kier alpha value is -1.02. The van der Waals surface area contributed by atoms with E-state index < -0.39 is 0 Å². The van der Waals surface area contributed by atoms with Crippen molar-refractivity contribution in [3.05, 3.63) is 28.8 Å². The molecule has 1 aliphatic heterocycles. The number of carbonyl (C=O) groups is 1. The Kier molecular flexibility index (Phi) is 3.83. The van der Waals surface area contributed by atoms with Crippen molar-refractivity contribution in [2.24, 2.45) is 0 Å². The number of hydrogen-bond acceptors (Lipinski definition) is 2. The molecule has 1 aliphatic rings. The Balaban J connectivity index is 2.30. The van der Waals surface area contributed by atoms with Crippen LogP contribution in [0, 0.1) is 0 Å². The minimum atomic E-state index is 0.553. The minimum absolute atomic E-state index is 0.553. The van der Waals surface area contributed by atoms with Gasteiger partial charge in [-0.2, -0.15) is 0 Å². The van der Waals surface area contributed by atoms with Gasteiger partial charge < -0.3 is 4.90 Å². The number of anilines is 1. The largest absolute Gasteiger partial charge is 0.371 e. The highest BCUT2D eigenvalue weighted by Gasteiger charge is 2.14. The number of hydrogen-bond donors (Lipinski definition) is 0. The van der Waals surface area contributed by atoms with Crippen molar-refractivity contribution in [2.75, 3.05) is 18.0 Å². The number of rotatable bonds is 2. The Morgan fingerprint density at radius 2 is 1.81 bits per heavy atom. The summed E-state index contributed by atoms with van der Waals surface area (Å²) in [5.74, 6) is 0. The summed E-state index contributed by atoms with van der Waals surface area (Å²) >= 11 is 6.03. The normalized spacial score (nSPS) is 16.9. The van der Waals surface area contributed by atoms with Crippen LogP contribution < -0.4 is 4.90 Å². The van der Waals surface area contributed by atoms with Gasteiger partial charge in [0.15, 0.2) is 6.29 Å². The zero-order valence-corrected chi connectivity index (χ0v) is 10.0. The van der Waals surface area contributed by atoms with Crippen LogP contribution in [0.25, 0.3) is 0 Å². The van der Waals surface area contributed by atoms with Crippen LogP contribution in [0.15, 0.2) is 18.2 Å². The van der Waals surface area contributed by atoms with Crippen molar-refractivity contribution in [1.29, 1.82) is 0 Å². The number of halogens is 1. The van der Waals surface area contributed by atoms with Crippen LogP contribution in [-0.2, 0) is 0 Å². The molecule has 0 N–H and O–H groups in total. The predicted molar refractivity (Wildman–Crippen MR) is 67.5 cm³/mol. The van der Waals surface area contributed by atoms with Crippen LogP contribution in [-0.4, -0.2) is 19.4 Å². The van der Waals surface area contributed by atoms with Gasteiger partial charge in [-0.25, -0.2) is 0 Å². The van der Waals surface area contributed by atoms with E-state index in [2.05, 4.69) is 4.90 Å². The number of nitrogens with zero attached hydrogens (tertiary/aromatic N) is 1. The molecule has 1 saturated heterocycles. The van der Waals surface area contributed by atoms with E-state index in [1.54, 1.807) is 6.07 Å². The zero-order chi connectivity index (χ0) is 11.4. The van der Waals surface area contributed by atoms with Gasteiger partial charge in [0.25, 0.3) is 0 Å². The summed E-state index contributed by atoms with van der Waals surface area (Å²) in [4.78, 5) is 13.3. The molecular weight excluding hydrogens is 222 g/mol. The molecule has 0 saturated carbocycles. The first-order chi connectivity index (χ1) is 7.83.